The number of aromatic nitrogens is 1. The van der Waals surface area contributed by atoms with Crippen molar-refractivity contribution in [2.75, 3.05) is 6.54 Å². The van der Waals surface area contributed by atoms with Crippen LogP contribution < -0.4 is 5.32 Å². The van der Waals surface area contributed by atoms with Crippen molar-refractivity contribution in [2.24, 2.45) is 0 Å². The Hall–Kier alpha value is -0.870. The maximum Gasteiger partial charge on any atom is 0.212 e. The SMILES string of the molecule is Cc1cc2nc(C3CCCN3)oc2cc1Br. The minimum absolute atomic E-state index is 0.298. The third kappa shape index (κ3) is 1.66. The summed E-state index contributed by atoms with van der Waals surface area (Å²) in [5, 5.41) is 3.40. The number of nitrogens with one attached hydrogen (secondary N) is 1. The van der Waals surface area contributed by atoms with E-state index >= 15 is 0 Å². The molecule has 2 heterocycles. The Morgan fingerprint density at radius 2 is 2.38 bits per heavy atom. The Morgan fingerprint density at radius 1 is 1.50 bits per heavy atom. The van der Waals surface area contributed by atoms with Crippen LogP contribution in [0, 0.1) is 6.92 Å². The van der Waals surface area contributed by atoms with E-state index in [4.69, 9.17) is 4.42 Å². The van der Waals surface area contributed by atoms with E-state index in [0.717, 1.165) is 34.4 Å². The van der Waals surface area contributed by atoms with Gasteiger partial charge in [-0.1, -0.05) is 15.9 Å². The predicted molar refractivity (Wildman–Crippen MR) is 66.4 cm³/mol. The van der Waals surface area contributed by atoms with Crippen molar-refractivity contribution in [3.05, 3.63) is 28.1 Å². The number of aryl methyl sites for hydroxylation is 1. The van der Waals surface area contributed by atoms with E-state index in [1.54, 1.807) is 0 Å². The average Bonchev–Trinajstić information content (AvgIpc) is 2.86. The Balaban J connectivity index is 2.08. The molecule has 1 unspecified atom stereocenters. The van der Waals surface area contributed by atoms with Crippen molar-refractivity contribution < 1.29 is 4.42 Å². The Morgan fingerprint density at radius 3 is 3.12 bits per heavy atom. The van der Waals surface area contributed by atoms with Gasteiger partial charge in [0, 0.05) is 4.47 Å². The van der Waals surface area contributed by atoms with Crippen LogP contribution in [-0.4, -0.2) is 11.5 Å². The zero-order valence-corrected chi connectivity index (χ0v) is 10.7. The van der Waals surface area contributed by atoms with Gasteiger partial charge in [0.25, 0.3) is 0 Å². The van der Waals surface area contributed by atoms with Crippen molar-refractivity contribution in [1.82, 2.24) is 10.3 Å². The van der Waals surface area contributed by atoms with Crippen molar-refractivity contribution >= 4 is 27.0 Å². The van der Waals surface area contributed by atoms with Gasteiger partial charge in [0.05, 0.1) is 6.04 Å². The molecule has 0 bridgehead atoms. The summed E-state index contributed by atoms with van der Waals surface area (Å²) in [6.45, 7) is 3.12. The van der Waals surface area contributed by atoms with Gasteiger partial charge in [-0.2, -0.15) is 0 Å². The molecule has 3 rings (SSSR count). The Bertz CT molecular complexity index is 490. The first-order valence-corrected chi connectivity index (χ1v) is 6.33. The summed E-state index contributed by atoms with van der Waals surface area (Å²) >= 11 is 3.51. The molecule has 3 nitrogen and oxygen atoms in total. The van der Waals surface area contributed by atoms with E-state index in [0.29, 0.717) is 6.04 Å². The van der Waals surface area contributed by atoms with Crippen LogP contribution in [-0.2, 0) is 0 Å². The molecule has 1 saturated heterocycles. The molecular weight excluding hydrogens is 268 g/mol. The van der Waals surface area contributed by atoms with Crippen LogP contribution in [0.5, 0.6) is 0 Å². The number of benzene rings is 1. The molecule has 0 radical (unpaired) electrons. The van der Waals surface area contributed by atoms with Gasteiger partial charge < -0.3 is 9.73 Å². The number of oxazole rings is 1. The zero-order chi connectivity index (χ0) is 11.1. The normalized spacial score (nSPS) is 20.8. The second-order valence-electron chi connectivity index (χ2n) is 4.27. The first-order chi connectivity index (χ1) is 7.74. The molecule has 1 aromatic carbocycles. The molecule has 2 aromatic rings. The molecule has 1 aliphatic rings. The molecule has 0 spiro atoms. The number of hydrogen-bond donors (Lipinski definition) is 1. The summed E-state index contributed by atoms with van der Waals surface area (Å²) in [6.07, 6.45) is 2.32. The van der Waals surface area contributed by atoms with Crippen LogP contribution in [0.3, 0.4) is 0 Å². The maximum absolute atomic E-state index is 5.78. The summed E-state index contributed by atoms with van der Waals surface area (Å²) in [5.41, 5.74) is 3.00. The molecule has 1 N–H and O–H groups in total. The highest BCUT2D eigenvalue weighted by Gasteiger charge is 2.21. The van der Waals surface area contributed by atoms with Gasteiger partial charge in [-0.25, -0.2) is 4.98 Å². The topological polar surface area (TPSA) is 38.1 Å². The van der Waals surface area contributed by atoms with Crippen LogP contribution in [0.1, 0.15) is 30.3 Å². The largest absolute Gasteiger partial charge is 0.439 e. The van der Waals surface area contributed by atoms with E-state index in [-0.39, 0.29) is 0 Å². The van der Waals surface area contributed by atoms with Crippen molar-refractivity contribution in [3.8, 4) is 0 Å². The lowest BCUT2D eigenvalue weighted by atomic mass is 10.2. The molecular formula is C12H13BrN2O. The monoisotopic (exact) mass is 280 g/mol. The molecule has 4 heteroatoms. The quantitative estimate of drug-likeness (QED) is 0.871. The highest BCUT2D eigenvalue weighted by Crippen LogP contribution is 2.29. The third-order valence-corrected chi connectivity index (χ3v) is 3.90. The van der Waals surface area contributed by atoms with Crippen LogP contribution in [0.15, 0.2) is 21.0 Å². The second kappa shape index (κ2) is 3.86. The summed E-state index contributed by atoms with van der Waals surface area (Å²) in [5.74, 6) is 0.824. The zero-order valence-electron chi connectivity index (χ0n) is 9.09. The second-order valence-corrected chi connectivity index (χ2v) is 5.12. The lowest BCUT2D eigenvalue weighted by Gasteiger charge is -2.02. The fourth-order valence-electron chi connectivity index (χ4n) is 2.12. The fraction of sp³-hybridized carbons (Fsp3) is 0.417. The summed E-state index contributed by atoms with van der Waals surface area (Å²) < 4.78 is 6.86. The molecule has 16 heavy (non-hydrogen) atoms. The van der Waals surface area contributed by atoms with Gasteiger partial charge in [-0.05, 0) is 44.0 Å². The van der Waals surface area contributed by atoms with Crippen molar-refractivity contribution in [3.63, 3.8) is 0 Å². The van der Waals surface area contributed by atoms with Crippen molar-refractivity contribution in [1.29, 1.82) is 0 Å². The lowest BCUT2D eigenvalue weighted by Crippen LogP contribution is -2.12. The summed E-state index contributed by atoms with van der Waals surface area (Å²) in [4.78, 5) is 4.55. The number of hydrogen-bond acceptors (Lipinski definition) is 3. The molecule has 1 aromatic heterocycles. The van der Waals surface area contributed by atoms with Crippen LogP contribution >= 0.6 is 15.9 Å². The Labute approximate surface area is 102 Å². The van der Waals surface area contributed by atoms with Gasteiger partial charge in [0.15, 0.2) is 5.58 Å². The molecule has 1 atom stereocenters. The van der Waals surface area contributed by atoms with Gasteiger partial charge in [-0.15, -0.1) is 0 Å². The molecule has 1 aliphatic heterocycles. The first-order valence-electron chi connectivity index (χ1n) is 5.54. The molecule has 0 saturated carbocycles. The number of fused-ring (bicyclic) bond motifs is 1. The van der Waals surface area contributed by atoms with Gasteiger partial charge in [-0.3, -0.25) is 0 Å². The molecule has 0 amide bonds. The average molecular weight is 281 g/mol. The van der Waals surface area contributed by atoms with Crippen molar-refractivity contribution in [2.45, 2.75) is 25.8 Å². The van der Waals surface area contributed by atoms with E-state index in [2.05, 4.69) is 39.2 Å². The van der Waals surface area contributed by atoms with E-state index in [1.807, 2.05) is 6.07 Å². The number of halogens is 1. The fourth-order valence-corrected chi connectivity index (χ4v) is 2.44. The van der Waals surface area contributed by atoms with Crippen LogP contribution in [0.2, 0.25) is 0 Å². The summed E-state index contributed by atoms with van der Waals surface area (Å²) in [7, 11) is 0. The smallest absolute Gasteiger partial charge is 0.212 e. The number of rotatable bonds is 1. The molecule has 84 valence electrons. The highest BCUT2D eigenvalue weighted by molar-refractivity contribution is 9.10. The first kappa shape index (κ1) is 10.3. The van der Waals surface area contributed by atoms with E-state index in [9.17, 15) is 0 Å². The lowest BCUT2D eigenvalue weighted by molar-refractivity contribution is 0.451. The maximum atomic E-state index is 5.78. The minimum atomic E-state index is 0.298. The minimum Gasteiger partial charge on any atom is -0.439 e. The Kier molecular flexibility index (Phi) is 2.48. The van der Waals surface area contributed by atoms with E-state index < -0.39 is 0 Å². The standard InChI is InChI=1S/C12H13BrN2O/c1-7-5-10-11(6-8(7)13)16-12(15-10)9-3-2-4-14-9/h5-6,9,14H,2-4H2,1H3. The third-order valence-electron chi connectivity index (χ3n) is 3.04. The molecule has 0 aliphatic carbocycles. The summed E-state index contributed by atoms with van der Waals surface area (Å²) in [6, 6.07) is 4.35. The predicted octanol–water partition coefficient (Wildman–Crippen LogP) is 3.32. The molecule has 1 fully saturated rings. The van der Waals surface area contributed by atoms with Crippen LogP contribution in [0.25, 0.3) is 11.1 Å². The number of nitrogens with zero attached hydrogens (tertiary/aromatic N) is 1. The van der Waals surface area contributed by atoms with Gasteiger partial charge >= 0.3 is 0 Å². The van der Waals surface area contributed by atoms with E-state index in [1.165, 1.54) is 12.0 Å². The van der Waals surface area contributed by atoms with Gasteiger partial charge in [0.1, 0.15) is 5.52 Å². The van der Waals surface area contributed by atoms with Gasteiger partial charge in [0.2, 0.25) is 5.89 Å². The van der Waals surface area contributed by atoms with Crippen LogP contribution in [0.4, 0.5) is 0 Å². The highest BCUT2D eigenvalue weighted by atomic mass is 79.9.